The summed E-state index contributed by atoms with van der Waals surface area (Å²) >= 11 is 0. The molecule has 14 N–H and O–H groups in total. The zero-order valence-electron chi connectivity index (χ0n) is 46.4. The van der Waals surface area contributed by atoms with Gasteiger partial charge in [-0.05, 0) is 60.2 Å². The highest BCUT2D eigenvalue weighted by Gasteiger charge is 2.28. The first-order chi connectivity index (χ1) is 39.4. The Morgan fingerprint density at radius 1 is 0.537 bits per heavy atom. The average molecular weight is 1150 g/mol. The second-order valence-corrected chi connectivity index (χ2v) is 19.4. The van der Waals surface area contributed by atoms with Crippen molar-refractivity contribution in [2.75, 3.05) is 123 Å². The number of carbonyl (C=O) groups excluding carboxylic acids is 6. The van der Waals surface area contributed by atoms with Crippen molar-refractivity contribution < 1.29 is 63.6 Å². The van der Waals surface area contributed by atoms with Gasteiger partial charge in [0.15, 0.2) is 5.96 Å². The minimum absolute atomic E-state index is 0.0150. The number of carbonyl (C=O) groups is 9. The van der Waals surface area contributed by atoms with Crippen LogP contribution in [0.2, 0.25) is 0 Å². The first kappa shape index (κ1) is 66.1. The number of aliphatic carboxylic acids is 3. The van der Waals surface area contributed by atoms with Gasteiger partial charge in [-0.25, -0.2) is 4.79 Å². The molecular weight excluding hydrogens is 1060 g/mol. The number of nitrogens with two attached hydrogens (primary N) is 1. The fourth-order valence-electron chi connectivity index (χ4n) is 8.59. The molecule has 1 saturated heterocycles. The molecule has 1 aliphatic heterocycles. The van der Waals surface area contributed by atoms with Crippen molar-refractivity contribution >= 4 is 65.1 Å². The summed E-state index contributed by atoms with van der Waals surface area (Å²) in [6.07, 6.45) is 1.40. The van der Waals surface area contributed by atoms with Gasteiger partial charge in [-0.1, -0.05) is 61.5 Å². The second kappa shape index (κ2) is 36.8. The van der Waals surface area contributed by atoms with E-state index in [2.05, 4.69) is 47.5 Å². The Bertz CT molecular complexity index is 2530. The maximum absolute atomic E-state index is 14.4. The number of nitrogens with zero attached hydrogens (tertiary/aromatic N) is 5. The zero-order chi connectivity index (χ0) is 59.7. The minimum atomic E-state index is -1.05. The molecule has 0 bridgehead atoms. The van der Waals surface area contributed by atoms with E-state index in [-0.39, 0.29) is 154 Å². The van der Waals surface area contributed by atoms with Crippen LogP contribution in [-0.2, 0) is 44.9 Å². The molecule has 2 atom stereocenters. The summed E-state index contributed by atoms with van der Waals surface area (Å²) in [7, 11) is 0. The second-order valence-electron chi connectivity index (χ2n) is 19.4. The van der Waals surface area contributed by atoms with Crippen molar-refractivity contribution in [2.24, 2.45) is 10.7 Å². The minimum Gasteiger partial charge on any atom is -0.508 e. The number of nitrogens with one attached hydrogen (secondary N) is 8. The van der Waals surface area contributed by atoms with Crippen molar-refractivity contribution in [1.29, 1.82) is 0 Å². The van der Waals surface area contributed by atoms with Crippen LogP contribution in [0.1, 0.15) is 61.6 Å². The van der Waals surface area contributed by atoms with Gasteiger partial charge < -0.3 is 68.7 Å². The quantitative estimate of drug-likeness (QED) is 0.0212. The van der Waals surface area contributed by atoms with Crippen LogP contribution in [0.3, 0.4) is 0 Å². The number of urea groups is 1. The van der Waals surface area contributed by atoms with E-state index >= 15 is 0 Å². The number of amides is 7. The van der Waals surface area contributed by atoms with Crippen molar-refractivity contribution in [2.45, 2.75) is 57.5 Å². The lowest BCUT2D eigenvalue weighted by molar-refractivity contribution is -0.140. The lowest BCUT2D eigenvalue weighted by atomic mass is 9.90. The fourth-order valence-corrected chi connectivity index (χ4v) is 8.59. The van der Waals surface area contributed by atoms with Crippen LogP contribution in [0.15, 0.2) is 83.9 Å². The normalized spacial score (nSPS) is 14.8. The maximum atomic E-state index is 14.4. The first-order valence-electron chi connectivity index (χ1n) is 27.3. The van der Waals surface area contributed by atoms with Gasteiger partial charge in [-0.15, -0.1) is 0 Å². The molecule has 1 heterocycles. The fraction of sp³-hybridized carbons (Fsp3) is 0.491. The van der Waals surface area contributed by atoms with Crippen LogP contribution >= 0.6 is 0 Å². The van der Waals surface area contributed by atoms with E-state index in [1.54, 1.807) is 38.7 Å². The summed E-state index contributed by atoms with van der Waals surface area (Å²) in [5.74, 6) is -5.71. The van der Waals surface area contributed by atoms with Gasteiger partial charge in [0.25, 0.3) is 0 Å². The Balaban J connectivity index is 1.27. The Morgan fingerprint density at radius 3 is 1.61 bits per heavy atom. The Labute approximate surface area is 476 Å². The van der Waals surface area contributed by atoms with Crippen molar-refractivity contribution in [3.63, 3.8) is 0 Å². The van der Waals surface area contributed by atoms with Crippen molar-refractivity contribution in [3.05, 3.63) is 95.6 Å². The lowest BCUT2D eigenvalue weighted by Crippen LogP contribution is -2.50. The third-order valence-corrected chi connectivity index (χ3v) is 13.0. The molecule has 1 unspecified atom stereocenters. The molecule has 3 aromatic carbocycles. The SMILES string of the molecule is CCC(=O)NCCNC(=O)/N=C(/N)NCCC[C@@H](NC(=O)C(c1ccccc1)c1ccc(NCCCNC(=O)CCNC(=O)CN2CCN(CC(=O)O)CCN(CC(=O)O)CCN(CC(=O)O)CC2)cc1)C(=O)NCc1ccc(O)cc1. The van der Waals surface area contributed by atoms with Crippen molar-refractivity contribution in [3.8, 4) is 5.75 Å². The number of hydrogen-bond acceptors (Lipinski definition) is 15. The Kier molecular flexibility index (Phi) is 29.7. The molecule has 0 aliphatic carbocycles. The van der Waals surface area contributed by atoms with E-state index in [9.17, 15) is 63.6 Å². The number of hydrogen-bond donors (Lipinski definition) is 13. The molecule has 0 aromatic heterocycles. The molecule has 7 amide bonds. The first-order valence-corrected chi connectivity index (χ1v) is 27.3. The Hall–Kier alpha value is -8.40. The molecule has 0 radical (unpaired) electrons. The van der Waals surface area contributed by atoms with Crippen LogP contribution in [0.25, 0.3) is 0 Å². The number of rotatable bonds is 31. The molecule has 82 heavy (non-hydrogen) atoms. The highest BCUT2D eigenvalue weighted by molar-refractivity contribution is 5.93. The number of benzene rings is 3. The van der Waals surface area contributed by atoms with Crippen LogP contribution in [0.5, 0.6) is 5.75 Å². The van der Waals surface area contributed by atoms with Crippen LogP contribution in [-0.4, -0.2) is 223 Å². The smallest absolute Gasteiger partial charge is 0.344 e. The number of guanidine groups is 1. The molecule has 0 spiro atoms. The monoisotopic (exact) mass is 1140 g/mol. The number of phenolic OH excluding ortho intramolecular Hbond substituents is 1. The van der Waals surface area contributed by atoms with Gasteiger partial charge in [-0.2, -0.15) is 4.99 Å². The summed E-state index contributed by atoms with van der Waals surface area (Å²) in [4.78, 5) is 123. The highest BCUT2D eigenvalue weighted by Crippen LogP contribution is 2.27. The number of anilines is 1. The third kappa shape index (κ3) is 27.2. The van der Waals surface area contributed by atoms with Crippen LogP contribution < -0.4 is 48.3 Å². The summed E-state index contributed by atoms with van der Waals surface area (Å²) in [5, 5.41) is 60.9. The van der Waals surface area contributed by atoms with E-state index in [0.29, 0.717) is 43.5 Å². The van der Waals surface area contributed by atoms with Crippen molar-refractivity contribution in [1.82, 2.24) is 56.8 Å². The molecule has 27 nitrogen and oxygen atoms in total. The molecule has 1 aliphatic rings. The molecule has 4 rings (SSSR count). The van der Waals surface area contributed by atoms with E-state index in [4.69, 9.17) is 5.73 Å². The maximum Gasteiger partial charge on any atom is 0.344 e. The van der Waals surface area contributed by atoms with Crippen LogP contribution in [0, 0.1) is 0 Å². The number of carboxylic acid groups (broad SMARTS) is 3. The van der Waals surface area contributed by atoms with Gasteiger partial charge in [0.1, 0.15) is 11.8 Å². The number of aliphatic imine (C=N–C) groups is 1. The topological polar surface area (TPSA) is 382 Å². The predicted molar refractivity (Wildman–Crippen MR) is 305 cm³/mol. The van der Waals surface area contributed by atoms with E-state index in [1.165, 1.54) is 12.1 Å². The lowest BCUT2D eigenvalue weighted by Gasteiger charge is -2.32. The molecule has 3 aromatic rings. The zero-order valence-corrected chi connectivity index (χ0v) is 46.4. The summed E-state index contributed by atoms with van der Waals surface area (Å²) < 4.78 is 0. The van der Waals surface area contributed by atoms with Crippen LogP contribution in [0.4, 0.5) is 10.5 Å². The summed E-state index contributed by atoms with van der Waals surface area (Å²) in [5.41, 5.74) is 8.76. The van der Waals surface area contributed by atoms with Gasteiger partial charge in [-0.3, -0.25) is 58.0 Å². The molecular formula is C55H80N14O13. The van der Waals surface area contributed by atoms with E-state index in [1.807, 2.05) is 54.6 Å². The standard InChI is InChI=1S/C55H80N14O13/c1-2-45(71)60-24-25-62-55(82)65-54(56)61-20-6-10-44(52(80)63-34-39-11-17-43(70)18-12-39)64-53(81)51(40-8-4-3-5-9-40)41-13-15-42(16-14-41)57-21-7-22-58-46(72)19-23-59-47(73)35-66-26-28-67(36-48(74)75)30-32-69(38-50(78)79)33-31-68(29-27-66)37-49(76)77/h3-5,8-9,11-18,44,51,57,70H,2,6-7,10,19-38H2,1H3,(H,58,72)(H,59,73)(H,60,71)(H,63,80)(H,64,81)(H,74,75)(H,76,77)(H,78,79)(H4,56,61,62,65,82)/t44-,51?/m1/s1. The van der Waals surface area contributed by atoms with Gasteiger partial charge in [0, 0.05) is 117 Å². The predicted octanol–water partition coefficient (Wildman–Crippen LogP) is -0.855. The van der Waals surface area contributed by atoms with Gasteiger partial charge in [0.2, 0.25) is 29.5 Å². The molecule has 27 heteroatoms. The average Bonchev–Trinajstić information content (AvgIpc) is 3.48. The summed E-state index contributed by atoms with van der Waals surface area (Å²) in [6, 6.07) is 21.1. The largest absolute Gasteiger partial charge is 0.508 e. The van der Waals surface area contributed by atoms with Gasteiger partial charge >= 0.3 is 23.9 Å². The van der Waals surface area contributed by atoms with E-state index < -0.39 is 47.7 Å². The number of carboxylic acids is 3. The molecule has 0 saturated carbocycles. The summed E-state index contributed by atoms with van der Waals surface area (Å²) in [6.45, 7) is 4.50. The molecule has 448 valence electrons. The number of aromatic hydroxyl groups is 1. The van der Waals surface area contributed by atoms with Gasteiger partial charge in [0.05, 0.1) is 32.1 Å². The third-order valence-electron chi connectivity index (χ3n) is 13.0. The highest BCUT2D eigenvalue weighted by atomic mass is 16.4. The Morgan fingerprint density at radius 2 is 1.05 bits per heavy atom. The molecule has 1 fully saturated rings. The van der Waals surface area contributed by atoms with E-state index in [0.717, 1.165) is 11.3 Å². The number of phenols is 1.